The molecule has 70 valence electrons. The smallest absolute Gasteiger partial charge is 0.135 e. The quantitative estimate of drug-likeness (QED) is 0.813. The van der Waals surface area contributed by atoms with Crippen LogP contribution in [0.15, 0.2) is 35.1 Å². The molecule has 1 aromatic carbocycles. The second kappa shape index (κ2) is 4.23. The molecule has 0 aliphatic carbocycles. The predicted molar refractivity (Wildman–Crippen MR) is 54.6 cm³/mol. The summed E-state index contributed by atoms with van der Waals surface area (Å²) in [5, 5.41) is 15.1. The Morgan fingerprint density at radius 3 is 2.29 bits per heavy atom. The van der Waals surface area contributed by atoms with Crippen molar-refractivity contribution in [1.29, 1.82) is 0 Å². The van der Waals surface area contributed by atoms with Gasteiger partial charge in [0.1, 0.15) is 0 Å². The molecule has 2 aromatic rings. The molecule has 0 atom stereocenters. The molecule has 14 heavy (non-hydrogen) atoms. The SMILES string of the molecule is Brc1ccc(Cc2nncnn2)cc1. The normalized spacial score (nSPS) is 10.1. The van der Waals surface area contributed by atoms with Crippen molar-refractivity contribution < 1.29 is 0 Å². The van der Waals surface area contributed by atoms with Gasteiger partial charge in [0, 0.05) is 10.9 Å². The highest BCUT2D eigenvalue weighted by molar-refractivity contribution is 9.10. The Labute approximate surface area is 89.5 Å². The van der Waals surface area contributed by atoms with E-state index in [4.69, 9.17) is 0 Å². The Kier molecular flexibility index (Phi) is 2.78. The Morgan fingerprint density at radius 2 is 1.64 bits per heavy atom. The predicted octanol–water partition coefficient (Wildman–Crippen LogP) is 1.62. The largest absolute Gasteiger partial charge is 0.177 e. The first-order valence-corrected chi connectivity index (χ1v) is 4.87. The molecule has 0 N–H and O–H groups in total. The summed E-state index contributed by atoms with van der Waals surface area (Å²) in [5.74, 6) is 0.634. The van der Waals surface area contributed by atoms with Gasteiger partial charge in [0.2, 0.25) is 0 Å². The number of benzene rings is 1. The number of hydrogen-bond donors (Lipinski definition) is 0. The van der Waals surface area contributed by atoms with Gasteiger partial charge in [0.05, 0.1) is 0 Å². The molecule has 0 bridgehead atoms. The topological polar surface area (TPSA) is 51.6 Å². The van der Waals surface area contributed by atoms with Gasteiger partial charge in [-0.1, -0.05) is 28.1 Å². The van der Waals surface area contributed by atoms with Crippen molar-refractivity contribution in [3.8, 4) is 0 Å². The maximum Gasteiger partial charge on any atom is 0.177 e. The third-order valence-electron chi connectivity index (χ3n) is 1.73. The first-order valence-electron chi connectivity index (χ1n) is 4.08. The van der Waals surface area contributed by atoms with Crippen LogP contribution in [0.2, 0.25) is 0 Å². The van der Waals surface area contributed by atoms with E-state index in [1.807, 2.05) is 24.3 Å². The van der Waals surface area contributed by atoms with E-state index >= 15 is 0 Å². The molecule has 2 rings (SSSR count). The maximum atomic E-state index is 3.86. The molecule has 0 saturated heterocycles. The average Bonchev–Trinajstić information content (AvgIpc) is 2.23. The van der Waals surface area contributed by atoms with E-state index in [2.05, 4.69) is 36.3 Å². The number of halogens is 1. The Bertz CT molecular complexity index is 401. The van der Waals surface area contributed by atoms with Crippen molar-refractivity contribution >= 4 is 15.9 Å². The highest BCUT2D eigenvalue weighted by atomic mass is 79.9. The molecule has 0 amide bonds. The van der Waals surface area contributed by atoms with Gasteiger partial charge in [-0.25, -0.2) is 0 Å². The average molecular weight is 251 g/mol. The van der Waals surface area contributed by atoms with E-state index in [0.29, 0.717) is 12.2 Å². The van der Waals surface area contributed by atoms with E-state index in [9.17, 15) is 0 Å². The van der Waals surface area contributed by atoms with Crippen LogP contribution in [0.1, 0.15) is 11.4 Å². The lowest BCUT2D eigenvalue weighted by Crippen LogP contribution is -1.99. The number of rotatable bonds is 2. The zero-order valence-corrected chi connectivity index (χ0v) is 8.85. The van der Waals surface area contributed by atoms with Gasteiger partial charge in [-0.15, -0.1) is 20.4 Å². The fraction of sp³-hybridized carbons (Fsp3) is 0.111. The van der Waals surface area contributed by atoms with Crippen molar-refractivity contribution in [2.75, 3.05) is 0 Å². The molecule has 4 nitrogen and oxygen atoms in total. The summed E-state index contributed by atoms with van der Waals surface area (Å²) in [6, 6.07) is 8.00. The van der Waals surface area contributed by atoms with Gasteiger partial charge in [-0.3, -0.25) is 0 Å². The summed E-state index contributed by atoms with van der Waals surface area (Å²) in [5.41, 5.74) is 1.14. The molecular weight excluding hydrogens is 244 g/mol. The van der Waals surface area contributed by atoms with Crippen LogP contribution in [0, 0.1) is 0 Å². The fourth-order valence-electron chi connectivity index (χ4n) is 1.08. The van der Waals surface area contributed by atoms with Crippen LogP contribution in [0.4, 0.5) is 0 Å². The zero-order chi connectivity index (χ0) is 9.80. The van der Waals surface area contributed by atoms with Crippen LogP contribution >= 0.6 is 15.9 Å². The van der Waals surface area contributed by atoms with E-state index < -0.39 is 0 Å². The molecular formula is C9H7BrN4. The third-order valence-corrected chi connectivity index (χ3v) is 2.25. The first kappa shape index (κ1) is 9.21. The second-order valence-electron chi connectivity index (χ2n) is 2.77. The summed E-state index contributed by atoms with van der Waals surface area (Å²) in [6.07, 6.45) is 1.99. The van der Waals surface area contributed by atoms with Crippen molar-refractivity contribution in [3.63, 3.8) is 0 Å². The molecule has 1 aromatic heterocycles. The van der Waals surface area contributed by atoms with Crippen molar-refractivity contribution in [2.45, 2.75) is 6.42 Å². The van der Waals surface area contributed by atoms with Crippen LogP contribution in [-0.4, -0.2) is 20.4 Å². The lowest BCUT2D eigenvalue weighted by Gasteiger charge is -1.98. The molecule has 0 radical (unpaired) electrons. The minimum atomic E-state index is 0.634. The van der Waals surface area contributed by atoms with E-state index in [1.54, 1.807) is 0 Å². The van der Waals surface area contributed by atoms with Gasteiger partial charge in [0.25, 0.3) is 0 Å². The lowest BCUT2D eigenvalue weighted by atomic mass is 10.1. The van der Waals surface area contributed by atoms with Gasteiger partial charge >= 0.3 is 0 Å². The molecule has 0 fully saturated rings. The molecule has 0 aliphatic rings. The maximum absolute atomic E-state index is 3.86. The van der Waals surface area contributed by atoms with Gasteiger partial charge < -0.3 is 0 Å². The van der Waals surface area contributed by atoms with E-state index in [-0.39, 0.29) is 0 Å². The molecule has 0 aliphatic heterocycles. The number of nitrogens with zero attached hydrogens (tertiary/aromatic N) is 4. The summed E-state index contributed by atoms with van der Waals surface area (Å²) < 4.78 is 1.06. The third kappa shape index (κ3) is 2.32. The highest BCUT2D eigenvalue weighted by Crippen LogP contribution is 2.11. The standard InChI is InChI=1S/C9H7BrN4/c10-8-3-1-7(2-4-8)5-9-13-11-6-12-14-9/h1-4,6H,5H2. The summed E-state index contributed by atoms with van der Waals surface area (Å²) in [4.78, 5) is 0. The molecule has 5 heteroatoms. The van der Waals surface area contributed by atoms with Gasteiger partial charge in [-0.2, -0.15) is 0 Å². The van der Waals surface area contributed by atoms with Crippen LogP contribution in [0.3, 0.4) is 0 Å². The Balaban J connectivity index is 2.16. The zero-order valence-electron chi connectivity index (χ0n) is 7.26. The summed E-state index contributed by atoms with van der Waals surface area (Å²) in [6.45, 7) is 0. The van der Waals surface area contributed by atoms with Crippen molar-refractivity contribution in [3.05, 3.63) is 46.5 Å². The molecule has 0 spiro atoms. The number of hydrogen-bond acceptors (Lipinski definition) is 4. The minimum absolute atomic E-state index is 0.634. The van der Waals surface area contributed by atoms with Crippen molar-refractivity contribution in [1.82, 2.24) is 20.4 Å². The summed E-state index contributed by atoms with van der Waals surface area (Å²) in [7, 11) is 0. The van der Waals surface area contributed by atoms with Crippen molar-refractivity contribution in [2.24, 2.45) is 0 Å². The molecule has 0 saturated carbocycles. The Hall–Kier alpha value is -1.36. The van der Waals surface area contributed by atoms with Crippen LogP contribution < -0.4 is 0 Å². The monoisotopic (exact) mass is 250 g/mol. The highest BCUT2D eigenvalue weighted by Gasteiger charge is 1.98. The van der Waals surface area contributed by atoms with Crippen LogP contribution in [0.5, 0.6) is 0 Å². The Morgan fingerprint density at radius 1 is 1.00 bits per heavy atom. The molecule has 0 unspecified atom stereocenters. The van der Waals surface area contributed by atoms with Crippen LogP contribution in [-0.2, 0) is 6.42 Å². The summed E-state index contributed by atoms with van der Waals surface area (Å²) >= 11 is 3.37. The second-order valence-corrected chi connectivity index (χ2v) is 3.68. The fourth-order valence-corrected chi connectivity index (χ4v) is 1.35. The molecule has 1 heterocycles. The number of aromatic nitrogens is 4. The first-order chi connectivity index (χ1) is 6.84. The minimum Gasteiger partial charge on any atom is -0.135 e. The van der Waals surface area contributed by atoms with E-state index in [1.165, 1.54) is 6.33 Å². The van der Waals surface area contributed by atoms with Gasteiger partial charge in [-0.05, 0) is 17.7 Å². The lowest BCUT2D eigenvalue weighted by molar-refractivity contribution is 0.777. The van der Waals surface area contributed by atoms with E-state index in [0.717, 1.165) is 10.0 Å². The van der Waals surface area contributed by atoms with Gasteiger partial charge in [0.15, 0.2) is 12.2 Å². The van der Waals surface area contributed by atoms with Crippen LogP contribution in [0.25, 0.3) is 0 Å².